The Bertz CT molecular complexity index is 724. The van der Waals surface area contributed by atoms with E-state index in [-0.39, 0.29) is 17.4 Å². The molecule has 116 valence electrons. The average Bonchev–Trinajstić information content (AvgIpc) is 2.51. The van der Waals surface area contributed by atoms with Gasteiger partial charge in [-0.2, -0.15) is 0 Å². The molecule has 0 bridgehead atoms. The number of aromatic nitrogens is 1. The standard InChI is InChI=1S/C16H16F2N2O2/c17-14-2-1-11(9-15(14)18)20-8-5-13(10-16(20)21)22-12-3-6-19-7-4-12/h1-2,5,8-10,12,19H,3-4,6-7H2. The number of pyridine rings is 1. The van der Waals surface area contributed by atoms with Crippen LogP contribution in [0.4, 0.5) is 8.78 Å². The molecule has 0 unspecified atom stereocenters. The Morgan fingerprint density at radius 3 is 2.55 bits per heavy atom. The third kappa shape index (κ3) is 3.17. The molecular formula is C16H16F2N2O2. The first-order valence-corrected chi connectivity index (χ1v) is 7.19. The van der Waals surface area contributed by atoms with Gasteiger partial charge in [0.1, 0.15) is 11.9 Å². The van der Waals surface area contributed by atoms with Gasteiger partial charge in [-0.3, -0.25) is 9.36 Å². The Hall–Kier alpha value is -2.21. The van der Waals surface area contributed by atoms with Crippen molar-refractivity contribution in [3.63, 3.8) is 0 Å². The summed E-state index contributed by atoms with van der Waals surface area (Å²) in [6, 6.07) is 6.36. The minimum absolute atomic E-state index is 0.0970. The number of benzene rings is 1. The van der Waals surface area contributed by atoms with E-state index in [0.29, 0.717) is 5.75 Å². The van der Waals surface area contributed by atoms with Crippen molar-refractivity contribution in [1.82, 2.24) is 9.88 Å². The molecule has 2 aromatic rings. The van der Waals surface area contributed by atoms with E-state index < -0.39 is 11.6 Å². The molecule has 2 heterocycles. The van der Waals surface area contributed by atoms with E-state index in [1.54, 1.807) is 6.07 Å². The first-order valence-electron chi connectivity index (χ1n) is 7.19. The molecule has 0 atom stereocenters. The van der Waals surface area contributed by atoms with E-state index in [1.807, 2.05) is 0 Å². The maximum absolute atomic E-state index is 13.3. The van der Waals surface area contributed by atoms with Crippen LogP contribution < -0.4 is 15.6 Å². The second-order valence-electron chi connectivity index (χ2n) is 5.24. The number of piperidine rings is 1. The lowest BCUT2D eigenvalue weighted by Gasteiger charge is -2.23. The van der Waals surface area contributed by atoms with Gasteiger partial charge in [0.2, 0.25) is 0 Å². The fourth-order valence-electron chi connectivity index (χ4n) is 2.49. The highest BCUT2D eigenvalue weighted by atomic mass is 19.2. The third-order valence-electron chi connectivity index (χ3n) is 3.66. The van der Waals surface area contributed by atoms with Crippen molar-refractivity contribution >= 4 is 0 Å². The van der Waals surface area contributed by atoms with Crippen molar-refractivity contribution in [3.8, 4) is 11.4 Å². The molecule has 0 aliphatic carbocycles. The number of hydrogen-bond acceptors (Lipinski definition) is 3. The molecule has 1 N–H and O–H groups in total. The van der Waals surface area contributed by atoms with Crippen LogP contribution in [-0.2, 0) is 0 Å². The van der Waals surface area contributed by atoms with Gasteiger partial charge in [-0.05, 0) is 44.1 Å². The molecular weight excluding hydrogens is 290 g/mol. The first kappa shape index (κ1) is 14.7. The summed E-state index contributed by atoms with van der Waals surface area (Å²) in [5.41, 5.74) is -0.0743. The topological polar surface area (TPSA) is 43.3 Å². The fraction of sp³-hybridized carbons (Fsp3) is 0.312. The van der Waals surface area contributed by atoms with E-state index in [9.17, 15) is 13.6 Å². The molecule has 1 fully saturated rings. The largest absolute Gasteiger partial charge is 0.490 e. The first-order chi connectivity index (χ1) is 10.6. The summed E-state index contributed by atoms with van der Waals surface area (Å²) in [5, 5.41) is 3.24. The molecule has 0 spiro atoms. The second kappa shape index (κ2) is 6.27. The van der Waals surface area contributed by atoms with Crippen LogP contribution in [0.2, 0.25) is 0 Å². The highest BCUT2D eigenvalue weighted by Crippen LogP contribution is 2.16. The summed E-state index contributed by atoms with van der Waals surface area (Å²) >= 11 is 0. The van der Waals surface area contributed by atoms with E-state index >= 15 is 0 Å². The highest BCUT2D eigenvalue weighted by molar-refractivity contribution is 5.34. The van der Waals surface area contributed by atoms with Crippen molar-refractivity contribution in [1.29, 1.82) is 0 Å². The Balaban J connectivity index is 1.82. The summed E-state index contributed by atoms with van der Waals surface area (Å²) in [7, 11) is 0. The molecule has 6 heteroatoms. The van der Waals surface area contributed by atoms with Gasteiger partial charge < -0.3 is 10.1 Å². The van der Waals surface area contributed by atoms with E-state index in [2.05, 4.69) is 5.32 Å². The molecule has 4 nitrogen and oxygen atoms in total. The number of ether oxygens (including phenoxy) is 1. The Labute approximate surface area is 126 Å². The fourth-order valence-corrected chi connectivity index (χ4v) is 2.49. The van der Waals surface area contributed by atoms with Crippen LogP contribution in [0.3, 0.4) is 0 Å². The molecule has 22 heavy (non-hydrogen) atoms. The summed E-state index contributed by atoms with van der Waals surface area (Å²) in [4.78, 5) is 12.1. The molecule has 3 rings (SSSR count). The van der Waals surface area contributed by atoms with Gasteiger partial charge in [-0.25, -0.2) is 8.78 Å². The molecule has 0 amide bonds. The van der Waals surface area contributed by atoms with Crippen LogP contribution in [0.25, 0.3) is 5.69 Å². The number of halogens is 2. The van der Waals surface area contributed by atoms with Crippen LogP contribution in [0, 0.1) is 11.6 Å². The van der Waals surface area contributed by atoms with Crippen molar-refractivity contribution in [2.24, 2.45) is 0 Å². The lowest BCUT2D eigenvalue weighted by atomic mass is 10.1. The van der Waals surface area contributed by atoms with Crippen molar-refractivity contribution in [2.45, 2.75) is 18.9 Å². The van der Waals surface area contributed by atoms with Crippen molar-refractivity contribution in [2.75, 3.05) is 13.1 Å². The summed E-state index contributed by atoms with van der Waals surface area (Å²) in [6.45, 7) is 1.80. The van der Waals surface area contributed by atoms with Gasteiger partial charge in [0.15, 0.2) is 11.6 Å². The molecule has 1 aromatic carbocycles. The van der Waals surface area contributed by atoms with Crippen LogP contribution in [-0.4, -0.2) is 23.8 Å². The average molecular weight is 306 g/mol. The van der Waals surface area contributed by atoms with Gasteiger partial charge in [-0.15, -0.1) is 0 Å². The predicted octanol–water partition coefficient (Wildman–Crippen LogP) is 2.25. The van der Waals surface area contributed by atoms with Gasteiger partial charge in [0.05, 0.1) is 5.69 Å². The minimum atomic E-state index is -0.987. The number of rotatable bonds is 3. The van der Waals surface area contributed by atoms with Gasteiger partial charge in [0, 0.05) is 18.3 Å². The Morgan fingerprint density at radius 2 is 1.86 bits per heavy atom. The number of nitrogens with zero attached hydrogens (tertiary/aromatic N) is 1. The molecule has 1 aliphatic rings. The molecule has 0 saturated carbocycles. The molecule has 1 aromatic heterocycles. The quantitative estimate of drug-likeness (QED) is 0.946. The van der Waals surface area contributed by atoms with E-state index in [4.69, 9.17) is 4.74 Å². The van der Waals surface area contributed by atoms with Gasteiger partial charge >= 0.3 is 0 Å². The zero-order chi connectivity index (χ0) is 15.5. The highest BCUT2D eigenvalue weighted by Gasteiger charge is 2.15. The monoisotopic (exact) mass is 306 g/mol. The lowest BCUT2D eigenvalue weighted by Crippen LogP contribution is -2.34. The predicted molar refractivity (Wildman–Crippen MR) is 78.5 cm³/mol. The molecule has 1 aliphatic heterocycles. The lowest BCUT2D eigenvalue weighted by molar-refractivity contribution is 0.162. The second-order valence-corrected chi connectivity index (χ2v) is 5.24. The maximum atomic E-state index is 13.3. The van der Waals surface area contributed by atoms with Crippen LogP contribution in [0.15, 0.2) is 41.3 Å². The normalized spacial score (nSPS) is 15.7. The Kier molecular flexibility index (Phi) is 4.20. The van der Waals surface area contributed by atoms with Crippen molar-refractivity contribution < 1.29 is 13.5 Å². The number of nitrogens with one attached hydrogen (secondary N) is 1. The van der Waals surface area contributed by atoms with Crippen LogP contribution >= 0.6 is 0 Å². The summed E-state index contributed by atoms with van der Waals surface area (Å²) in [5.74, 6) is -1.43. The maximum Gasteiger partial charge on any atom is 0.258 e. The zero-order valence-corrected chi connectivity index (χ0v) is 11.9. The van der Waals surface area contributed by atoms with Crippen molar-refractivity contribution in [3.05, 3.63) is 58.5 Å². The van der Waals surface area contributed by atoms with E-state index in [0.717, 1.165) is 38.1 Å². The van der Waals surface area contributed by atoms with E-state index in [1.165, 1.54) is 22.9 Å². The Morgan fingerprint density at radius 1 is 1.09 bits per heavy atom. The minimum Gasteiger partial charge on any atom is -0.490 e. The summed E-state index contributed by atoms with van der Waals surface area (Å²) < 4.78 is 33.2. The molecule has 1 saturated heterocycles. The SMILES string of the molecule is O=c1cc(OC2CCNCC2)ccn1-c1ccc(F)c(F)c1. The van der Waals surface area contributed by atoms with Crippen LogP contribution in [0.1, 0.15) is 12.8 Å². The smallest absolute Gasteiger partial charge is 0.258 e. The molecule has 0 radical (unpaired) electrons. The third-order valence-corrected chi connectivity index (χ3v) is 3.66. The summed E-state index contributed by atoms with van der Waals surface area (Å²) in [6.07, 6.45) is 3.39. The van der Waals surface area contributed by atoms with Crippen LogP contribution in [0.5, 0.6) is 5.75 Å². The van der Waals surface area contributed by atoms with Gasteiger partial charge in [0.25, 0.3) is 5.56 Å². The zero-order valence-electron chi connectivity index (χ0n) is 11.9. The number of hydrogen-bond donors (Lipinski definition) is 1. The van der Waals surface area contributed by atoms with Gasteiger partial charge in [-0.1, -0.05) is 0 Å².